The predicted molar refractivity (Wildman–Crippen MR) is 32.5 cm³/mol. The fraction of sp³-hybridized carbons (Fsp3) is 0.333. The highest BCUT2D eigenvalue weighted by Gasteiger charge is 2.26. The van der Waals surface area contributed by atoms with Gasteiger partial charge in [0, 0.05) is 0 Å². The van der Waals surface area contributed by atoms with Crippen LogP contribution >= 0.6 is 0 Å². The largest absolute Gasteiger partial charge is 1.00 e. The zero-order valence-electron chi connectivity index (χ0n) is 5.58. The van der Waals surface area contributed by atoms with Crippen LogP contribution in [0.4, 0.5) is 0 Å². The first kappa shape index (κ1) is 8.99. The molecule has 0 bridgehead atoms. The average molecular weight is 157 g/mol. The number of hydrogen-bond acceptors (Lipinski definition) is 3. The van der Waals surface area contributed by atoms with Gasteiger partial charge in [0.15, 0.2) is 6.54 Å². The Morgan fingerprint density at radius 3 is 2.70 bits per heavy atom. The molecule has 0 spiro atoms. The van der Waals surface area contributed by atoms with Gasteiger partial charge < -0.3 is 12.4 Å². The molecular weight excluding hydrogens is 150 g/mol. The van der Waals surface area contributed by atoms with E-state index in [0.29, 0.717) is 6.54 Å². The molecule has 0 atom stereocenters. The summed E-state index contributed by atoms with van der Waals surface area (Å²) in [4.78, 5) is 3.47. The van der Waals surface area contributed by atoms with Gasteiger partial charge in [-0.25, -0.2) is 0 Å². The van der Waals surface area contributed by atoms with Gasteiger partial charge in [-0.3, -0.25) is 0 Å². The summed E-state index contributed by atoms with van der Waals surface area (Å²) in [5.41, 5.74) is 0. The molecule has 0 unspecified atom stereocenters. The van der Waals surface area contributed by atoms with E-state index >= 15 is 0 Å². The van der Waals surface area contributed by atoms with E-state index in [4.69, 9.17) is 5.26 Å². The van der Waals surface area contributed by atoms with Crippen LogP contribution in [0.5, 0.6) is 0 Å². The third-order valence-corrected chi connectivity index (χ3v) is 0.997. The lowest BCUT2D eigenvalue weighted by Crippen LogP contribution is -3.00. The van der Waals surface area contributed by atoms with Gasteiger partial charge >= 0.3 is 6.67 Å². The molecule has 0 aromatic carbocycles. The topological polar surface area (TPSA) is 30.3 Å². The summed E-state index contributed by atoms with van der Waals surface area (Å²) in [5.74, 6) is 0. The number of hydrogen-bond donors (Lipinski definition) is 0. The van der Waals surface area contributed by atoms with Crippen molar-refractivity contribution >= 4 is 0 Å². The van der Waals surface area contributed by atoms with Crippen molar-refractivity contribution in [3.63, 3.8) is 0 Å². The summed E-state index contributed by atoms with van der Waals surface area (Å²) in [5, 5.41) is 8.23. The highest BCUT2D eigenvalue weighted by atomic mass is 35.5. The first-order valence-electron chi connectivity index (χ1n) is 2.64. The quantitative estimate of drug-likeness (QED) is 0.304. The standard InChI is InChI=1S/C6H7N3.ClH/c1-8-4-5-9(6-8)3-2-7;/h4-5H,3H2,1H3;1H/q+1;/p-1. The van der Waals surface area contributed by atoms with Crippen molar-refractivity contribution in [2.75, 3.05) is 13.6 Å². The molecule has 10 heavy (non-hydrogen) atoms. The third-order valence-electron chi connectivity index (χ3n) is 0.997. The predicted octanol–water partition coefficient (Wildman–Crippen LogP) is -2.77. The molecule has 0 aliphatic carbocycles. The Morgan fingerprint density at radius 2 is 2.30 bits per heavy atom. The van der Waals surface area contributed by atoms with Crippen LogP contribution in [-0.2, 0) is 0 Å². The summed E-state index contributed by atoms with van der Waals surface area (Å²) >= 11 is 0. The molecule has 4 heteroatoms. The van der Waals surface area contributed by atoms with Crippen molar-refractivity contribution in [3.8, 4) is 6.07 Å². The number of nitriles is 1. The molecule has 0 amide bonds. The summed E-state index contributed by atoms with van der Waals surface area (Å²) in [7, 11) is 1.87. The minimum atomic E-state index is 0. The molecule has 0 saturated carbocycles. The van der Waals surface area contributed by atoms with Crippen LogP contribution in [0, 0.1) is 18.0 Å². The first-order valence-corrected chi connectivity index (χ1v) is 2.64. The minimum Gasteiger partial charge on any atom is -1.00 e. The summed E-state index contributed by atoms with van der Waals surface area (Å²) in [6.45, 7) is 3.26. The minimum absolute atomic E-state index is 0. The molecule has 0 aromatic heterocycles. The van der Waals surface area contributed by atoms with Gasteiger partial charge in [0.05, 0.1) is 25.5 Å². The van der Waals surface area contributed by atoms with Crippen LogP contribution in [0.1, 0.15) is 0 Å². The maximum Gasteiger partial charge on any atom is 0.565 e. The van der Waals surface area contributed by atoms with E-state index in [2.05, 4.69) is 6.67 Å². The maximum absolute atomic E-state index is 8.23. The normalized spacial score (nSPS) is 14.0. The molecule has 3 nitrogen and oxygen atoms in total. The van der Waals surface area contributed by atoms with Crippen LogP contribution in [0.15, 0.2) is 12.4 Å². The Hall–Kier alpha value is -1.01. The molecule has 1 rings (SSSR count). The molecule has 1 aliphatic rings. The van der Waals surface area contributed by atoms with Crippen molar-refractivity contribution in [1.29, 1.82) is 5.26 Å². The van der Waals surface area contributed by atoms with Crippen molar-refractivity contribution in [2.24, 2.45) is 0 Å². The van der Waals surface area contributed by atoms with Crippen LogP contribution in [-0.4, -0.2) is 23.4 Å². The van der Waals surface area contributed by atoms with E-state index in [1.54, 1.807) is 9.80 Å². The van der Waals surface area contributed by atoms with Gasteiger partial charge in [0.25, 0.3) is 0 Å². The molecular formula is C6H7ClN3. The molecule has 1 aliphatic heterocycles. The molecule has 0 saturated heterocycles. The Labute approximate surface area is 66.9 Å². The van der Waals surface area contributed by atoms with Crippen LogP contribution in [0.25, 0.3) is 0 Å². The van der Waals surface area contributed by atoms with Gasteiger partial charge in [-0.2, -0.15) is 5.26 Å². The van der Waals surface area contributed by atoms with Gasteiger partial charge in [-0.15, -0.1) is 9.80 Å². The van der Waals surface area contributed by atoms with E-state index in [1.807, 2.05) is 25.5 Å². The lowest BCUT2D eigenvalue weighted by Gasteiger charge is -1.91. The number of halogens is 1. The van der Waals surface area contributed by atoms with E-state index in [1.165, 1.54) is 0 Å². The molecule has 0 aromatic rings. The van der Waals surface area contributed by atoms with E-state index < -0.39 is 0 Å². The molecule has 0 fully saturated rings. The summed E-state index contributed by atoms with van der Waals surface area (Å²) < 4.78 is 0. The zero-order chi connectivity index (χ0) is 6.69. The fourth-order valence-corrected chi connectivity index (χ4v) is 0.614. The van der Waals surface area contributed by atoms with Gasteiger partial charge in [0.1, 0.15) is 0 Å². The average Bonchev–Trinajstić information content (AvgIpc) is 2.17. The van der Waals surface area contributed by atoms with Crippen LogP contribution < -0.4 is 12.4 Å². The first-order chi connectivity index (χ1) is 4.33. The Kier molecular flexibility index (Phi) is 3.52. The van der Waals surface area contributed by atoms with Crippen molar-refractivity contribution < 1.29 is 12.4 Å². The number of rotatable bonds is 1. The Bertz CT molecular complexity index is 161. The van der Waals surface area contributed by atoms with Gasteiger partial charge in [-0.1, -0.05) is 0 Å². The van der Waals surface area contributed by atoms with Crippen molar-refractivity contribution in [3.05, 3.63) is 19.1 Å². The summed E-state index contributed by atoms with van der Waals surface area (Å²) in [6, 6.07) is 2.02. The Morgan fingerprint density at radius 1 is 1.60 bits per heavy atom. The van der Waals surface area contributed by atoms with Crippen LogP contribution in [0.3, 0.4) is 0 Å². The molecule has 53 valence electrons. The zero-order valence-corrected chi connectivity index (χ0v) is 6.34. The SMILES string of the molecule is CN1[C+]N(CC#N)C=C1.[Cl-]. The maximum atomic E-state index is 8.23. The van der Waals surface area contributed by atoms with E-state index in [-0.39, 0.29) is 12.4 Å². The fourth-order valence-electron chi connectivity index (χ4n) is 0.614. The second kappa shape index (κ2) is 3.91. The molecule has 0 N–H and O–H groups in total. The lowest BCUT2D eigenvalue weighted by molar-refractivity contribution is -0.00000215. The van der Waals surface area contributed by atoms with Gasteiger partial charge in [-0.05, 0) is 0 Å². The van der Waals surface area contributed by atoms with Crippen LogP contribution in [0.2, 0.25) is 0 Å². The van der Waals surface area contributed by atoms with Crippen molar-refractivity contribution in [2.45, 2.75) is 0 Å². The van der Waals surface area contributed by atoms with E-state index in [9.17, 15) is 0 Å². The molecule has 1 heterocycles. The number of nitrogens with zero attached hydrogens (tertiary/aromatic N) is 3. The Balaban J connectivity index is 0.000000810. The van der Waals surface area contributed by atoms with Gasteiger partial charge in [0.2, 0.25) is 0 Å². The second-order valence-electron chi connectivity index (χ2n) is 1.80. The smallest absolute Gasteiger partial charge is 0.565 e. The van der Waals surface area contributed by atoms with E-state index in [0.717, 1.165) is 0 Å². The monoisotopic (exact) mass is 156 g/mol. The third kappa shape index (κ3) is 2.08. The lowest BCUT2D eigenvalue weighted by atomic mass is 10.6. The highest BCUT2D eigenvalue weighted by molar-refractivity contribution is 4.98. The summed E-state index contributed by atoms with van der Waals surface area (Å²) in [6.07, 6.45) is 3.65. The second-order valence-corrected chi connectivity index (χ2v) is 1.80. The highest BCUT2D eigenvalue weighted by Crippen LogP contribution is 2.06. The molecule has 1 radical (unpaired) electrons. The van der Waals surface area contributed by atoms with Crippen molar-refractivity contribution in [1.82, 2.24) is 9.80 Å².